The minimum atomic E-state index is -1.04. The third-order valence-electron chi connectivity index (χ3n) is 2.52. The van der Waals surface area contributed by atoms with Crippen LogP contribution in [0.3, 0.4) is 0 Å². The van der Waals surface area contributed by atoms with E-state index in [9.17, 15) is 14.0 Å². The van der Waals surface area contributed by atoms with Gasteiger partial charge in [-0.2, -0.15) is 11.8 Å². The lowest BCUT2D eigenvalue weighted by Gasteiger charge is -2.13. The monoisotopic (exact) mass is 285 g/mol. The standard InChI is InChI=1S/C13H16FNO3S/c1-19-7-6-11(13(17)18)15-12(16)8-9-2-4-10(14)5-3-9/h2-5,11H,6-8H2,1H3,(H,15,16)(H,17,18)/t11-/m1/s1. The Labute approximate surface area is 115 Å². The van der Waals surface area contributed by atoms with Gasteiger partial charge >= 0.3 is 5.97 Å². The van der Waals surface area contributed by atoms with E-state index in [-0.39, 0.29) is 18.1 Å². The summed E-state index contributed by atoms with van der Waals surface area (Å²) in [7, 11) is 0. The van der Waals surface area contributed by atoms with Gasteiger partial charge in [0.15, 0.2) is 0 Å². The molecule has 6 heteroatoms. The highest BCUT2D eigenvalue weighted by Gasteiger charge is 2.19. The van der Waals surface area contributed by atoms with E-state index in [0.29, 0.717) is 17.7 Å². The molecule has 0 aliphatic carbocycles. The van der Waals surface area contributed by atoms with Crippen molar-refractivity contribution in [1.82, 2.24) is 5.32 Å². The molecule has 2 N–H and O–H groups in total. The fourth-order valence-corrected chi connectivity index (χ4v) is 2.00. The van der Waals surface area contributed by atoms with Crippen molar-refractivity contribution in [2.75, 3.05) is 12.0 Å². The molecule has 1 aromatic carbocycles. The van der Waals surface area contributed by atoms with Crippen LogP contribution >= 0.6 is 11.8 Å². The van der Waals surface area contributed by atoms with Gasteiger partial charge in [-0.25, -0.2) is 9.18 Å². The van der Waals surface area contributed by atoms with Gasteiger partial charge in [-0.15, -0.1) is 0 Å². The van der Waals surface area contributed by atoms with Crippen molar-refractivity contribution >= 4 is 23.6 Å². The second-order valence-corrected chi connectivity index (χ2v) is 5.03. The predicted octanol–water partition coefficient (Wildman–Crippen LogP) is 1.69. The number of hydrogen-bond donors (Lipinski definition) is 2. The van der Waals surface area contributed by atoms with Crippen LogP contribution in [0, 0.1) is 5.82 Å². The van der Waals surface area contributed by atoms with Crippen LogP contribution < -0.4 is 5.32 Å². The van der Waals surface area contributed by atoms with E-state index in [1.807, 2.05) is 6.26 Å². The number of thioether (sulfide) groups is 1. The van der Waals surface area contributed by atoms with Gasteiger partial charge in [-0.1, -0.05) is 12.1 Å². The van der Waals surface area contributed by atoms with Gasteiger partial charge in [0.25, 0.3) is 0 Å². The summed E-state index contributed by atoms with van der Waals surface area (Å²) < 4.78 is 12.7. The summed E-state index contributed by atoms with van der Waals surface area (Å²) in [6.07, 6.45) is 2.30. The summed E-state index contributed by atoms with van der Waals surface area (Å²) in [4.78, 5) is 22.7. The Morgan fingerprint density at radius 2 is 2.00 bits per heavy atom. The normalized spacial score (nSPS) is 11.9. The topological polar surface area (TPSA) is 66.4 Å². The van der Waals surface area contributed by atoms with Crippen LogP contribution in [0.15, 0.2) is 24.3 Å². The van der Waals surface area contributed by atoms with Crippen LogP contribution in [0.1, 0.15) is 12.0 Å². The average molecular weight is 285 g/mol. The van der Waals surface area contributed by atoms with E-state index in [4.69, 9.17) is 5.11 Å². The number of rotatable bonds is 7. The van der Waals surface area contributed by atoms with E-state index in [0.717, 1.165) is 0 Å². The first-order valence-corrected chi connectivity index (χ1v) is 7.18. The zero-order valence-electron chi connectivity index (χ0n) is 10.6. The van der Waals surface area contributed by atoms with Crippen molar-refractivity contribution in [1.29, 1.82) is 0 Å². The molecule has 0 aromatic heterocycles. The molecule has 0 radical (unpaired) electrons. The summed E-state index contributed by atoms with van der Waals surface area (Å²) >= 11 is 1.52. The Bertz CT molecular complexity index is 436. The predicted molar refractivity (Wildman–Crippen MR) is 72.7 cm³/mol. The van der Waals surface area contributed by atoms with Crippen LogP contribution in [0.4, 0.5) is 4.39 Å². The molecule has 19 heavy (non-hydrogen) atoms. The number of carbonyl (C=O) groups excluding carboxylic acids is 1. The highest BCUT2D eigenvalue weighted by molar-refractivity contribution is 7.98. The second kappa shape index (κ2) is 7.78. The summed E-state index contributed by atoms with van der Waals surface area (Å²) in [6, 6.07) is 4.68. The molecule has 0 saturated carbocycles. The Morgan fingerprint density at radius 3 is 2.53 bits per heavy atom. The first kappa shape index (κ1) is 15.5. The Balaban J connectivity index is 2.52. The maximum absolute atomic E-state index is 12.7. The fourth-order valence-electron chi connectivity index (χ4n) is 1.53. The lowest BCUT2D eigenvalue weighted by atomic mass is 10.1. The molecule has 0 heterocycles. The van der Waals surface area contributed by atoms with E-state index < -0.39 is 12.0 Å². The van der Waals surface area contributed by atoms with Gasteiger partial charge in [0, 0.05) is 0 Å². The van der Waals surface area contributed by atoms with E-state index in [1.54, 1.807) is 0 Å². The first-order valence-electron chi connectivity index (χ1n) is 5.78. The van der Waals surface area contributed by atoms with Crippen molar-refractivity contribution < 1.29 is 19.1 Å². The quantitative estimate of drug-likeness (QED) is 0.800. The van der Waals surface area contributed by atoms with Crippen LogP contribution in [-0.2, 0) is 16.0 Å². The first-order chi connectivity index (χ1) is 9.02. The summed E-state index contributed by atoms with van der Waals surface area (Å²) in [5, 5.41) is 11.4. The number of aliphatic carboxylic acids is 1. The van der Waals surface area contributed by atoms with Gasteiger partial charge in [-0.05, 0) is 36.1 Å². The second-order valence-electron chi connectivity index (χ2n) is 4.04. The highest BCUT2D eigenvalue weighted by Crippen LogP contribution is 2.05. The van der Waals surface area contributed by atoms with Crippen LogP contribution in [0.5, 0.6) is 0 Å². The number of benzene rings is 1. The van der Waals surface area contributed by atoms with Gasteiger partial charge < -0.3 is 10.4 Å². The molecule has 0 aliphatic rings. The third-order valence-corrected chi connectivity index (χ3v) is 3.17. The summed E-state index contributed by atoms with van der Waals surface area (Å²) in [5.74, 6) is -1.12. The zero-order chi connectivity index (χ0) is 14.3. The SMILES string of the molecule is CSCC[C@@H](NC(=O)Cc1ccc(F)cc1)C(=O)O. The van der Waals surface area contributed by atoms with Gasteiger partial charge in [0.05, 0.1) is 6.42 Å². The van der Waals surface area contributed by atoms with E-state index in [1.165, 1.54) is 36.0 Å². The smallest absolute Gasteiger partial charge is 0.326 e. The van der Waals surface area contributed by atoms with Crippen LogP contribution in [0.25, 0.3) is 0 Å². The maximum Gasteiger partial charge on any atom is 0.326 e. The molecule has 1 aromatic rings. The Hall–Kier alpha value is -1.56. The van der Waals surface area contributed by atoms with Crippen LogP contribution in [-0.4, -0.2) is 35.0 Å². The molecule has 0 spiro atoms. The minimum absolute atomic E-state index is 0.0450. The molecule has 0 unspecified atom stereocenters. The molecule has 0 fully saturated rings. The number of carboxylic acids is 1. The molecule has 104 valence electrons. The molecular weight excluding hydrogens is 269 g/mol. The number of carbonyl (C=O) groups is 2. The number of carboxylic acid groups (broad SMARTS) is 1. The van der Waals surface area contributed by atoms with Crippen molar-refractivity contribution in [3.8, 4) is 0 Å². The molecule has 0 aliphatic heterocycles. The van der Waals surface area contributed by atoms with Gasteiger partial charge in [0.1, 0.15) is 11.9 Å². The summed E-state index contributed by atoms with van der Waals surface area (Å²) in [6.45, 7) is 0. The Kier molecular flexibility index (Phi) is 6.35. The molecule has 0 bridgehead atoms. The molecule has 1 rings (SSSR count). The molecule has 1 atom stereocenters. The van der Waals surface area contributed by atoms with Crippen molar-refractivity contribution in [3.05, 3.63) is 35.6 Å². The summed E-state index contributed by atoms with van der Waals surface area (Å²) in [5.41, 5.74) is 0.646. The average Bonchev–Trinajstić information content (AvgIpc) is 2.37. The van der Waals surface area contributed by atoms with Crippen LogP contribution in [0.2, 0.25) is 0 Å². The lowest BCUT2D eigenvalue weighted by Crippen LogP contribution is -2.41. The minimum Gasteiger partial charge on any atom is -0.480 e. The highest BCUT2D eigenvalue weighted by atomic mass is 32.2. The van der Waals surface area contributed by atoms with E-state index in [2.05, 4.69) is 5.32 Å². The fraction of sp³-hybridized carbons (Fsp3) is 0.385. The molecule has 4 nitrogen and oxygen atoms in total. The lowest BCUT2D eigenvalue weighted by molar-refractivity contribution is -0.141. The van der Waals surface area contributed by atoms with Crippen molar-refractivity contribution in [2.45, 2.75) is 18.9 Å². The number of nitrogens with one attached hydrogen (secondary N) is 1. The van der Waals surface area contributed by atoms with Crippen molar-refractivity contribution in [2.24, 2.45) is 0 Å². The Morgan fingerprint density at radius 1 is 1.37 bits per heavy atom. The van der Waals surface area contributed by atoms with Crippen molar-refractivity contribution in [3.63, 3.8) is 0 Å². The molecule has 1 amide bonds. The van der Waals surface area contributed by atoms with Gasteiger partial charge in [-0.3, -0.25) is 4.79 Å². The largest absolute Gasteiger partial charge is 0.480 e. The molecule has 0 saturated heterocycles. The number of hydrogen-bond acceptors (Lipinski definition) is 3. The number of halogens is 1. The van der Waals surface area contributed by atoms with E-state index >= 15 is 0 Å². The molecular formula is C13H16FNO3S. The maximum atomic E-state index is 12.7. The van der Waals surface area contributed by atoms with Gasteiger partial charge in [0.2, 0.25) is 5.91 Å². The number of amides is 1. The zero-order valence-corrected chi connectivity index (χ0v) is 11.4. The third kappa shape index (κ3) is 5.74.